The molecule has 2 N–H and O–H groups in total. The van der Waals surface area contributed by atoms with E-state index in [0.29, 0.717) is 5.56 Å². The predicted octanol–water partition coefficient (Wildman–Crippen LogP) is 3.39. The van der Waals surface area contributed by atoms with Crippen molar-refractivity contribution in [2.24, 2.45) is 0 Å². The highest BCUT2D eigenvalue weighted by Gasteiger charge is 2.34. The fourth-order valence-electron chi connectivity index (χ4n) is 3.04. The van der Waals surface area contributed by atoms with Crippen molar-refractivity contribution in [1.82, 2.24) is 10.6 Å². The predicted molar refractivity (Wildman–Crippen MR) is 109 cm³/mol. The molecule has 1 atom stereocenters. The van der Waals surface area contributed by atoms with E-state index in [4.69, 9.17) is 9.47 Å². The number of aryl methyl sites for hydroxylation is 1. The third-order valence-electron chi connectivity index (χ3n) is 4.65. The number of benzene rings is 1. The standard InChI is InChI=1S/C21H22N2O5S/c1-4-27-20(25)17-15(22-21(26)23-18(17)16-9-6-10-29-16)11-28-19(24)14-8-5-7-12(2)13(14)3/h5-10,18H,4,11H2,1-3H3,(H2,22,23,26)/t18-/m0/s1. The Morgan fingerprint density at radius 1 is 1.10 bits per heavy atom. The molecule has 1 aromatic carbocycles. The molecule has 0 aliphatic carbocycles. The van der Waals surface area contributed by atoms with Gasteiger partial charge in [0.1, 0.15) is 6.61 Å². The van der Waals surface area contributed by atoms with E-state index < -0.39 is 24.0 Å². The number of carbonyl (C=O) groups is 3. The van der Waals surface area contributed by atoms with E-state index in [0.717, 1.165) is 16.0 Å². The smallest absolute Gasteiger partial charge is 0.338 e. The zero-order valence-corrected chi connectivity index (χ0v) is 17.2. The van der Waals surface area contributed by atoms with Crippen molar-refractivity contribution < 1.29 is 23.9 Å². The van der Waals surface area contributed by atoms with Crippen LogP contribution in [0.2, 0.25) is 0 Å². The summed E-state index contributed by atoms with van der Waals surface area (Å²) in [5, 5.41) is 7.18. The van der Waals surface area contributed by atoms with Gasteiger partial charge in [-0.1, -0.05) is 18.2 Å². The van der Waals surface area contributed by atoms with Gasteiger partial charge in [0.2, 0.25) is 0 Å². The lowest BCUT2D eigenvalue weighted by Crippen LogP contribution is -2.46. The molecule has 1 aliphatic rings. The Hall–Kier alpha value is -3.13. The molecular formula is C21H22N2O5S. The first kappa shape index (κ1) is 20.6. The lowest BCUT2D eigenvalue weighted by atomic mass is 10.0. The van der Waals surface area contributed by atoms with Gasteiger partial charge in [0.15, 0.2) is 0 Å². The van der Waals surface area contributed by atoms with Gasteiger partial charge in [-0.2, -0.15) is 0 Å². The average Bonchev–Trinajstić information content (AvgIpc) is 3.22. The number of ether oxygens (including phenoxy) is 2. The molecule has 0 spiro atoms. The maximum atomic E-state index is 12.6. The number of esters is 2. The number of rotatable bonds is 6. The van der Waals surface area contributed by atoms with E-state index in [2.05, 4.69) is 10.6 Å². The topological polar surface area (TPSA) is 93.7 Å². The monoisotopic (exact) mass is 414 g/mol. The molecular weight excluding hydrogens is 392 g/mol. The van der Waals surface area contributed by atoms with Crippen LogP contribution < -0.4 is 10.6 Å². The van der Waals surface area contributed by atoms with Crippen LogP contribution in [-0.4, -0.2) is 31.2 Å². The number of hydrogen-bond donors (Lipinski definition) is 2. The number of nitrogens with one attached hydrogen (secondary N) is 2. The minimum atomic E-state index is -0.669. The molecule has 152 valence electrons. The first-order valence-corrected chi connectivity index (χ1v) is 10.0. The summed E-state index contributed by atoms with van der Waals surface area (Å²) >= 11 is 1.41. The molecule has 2 aromatic rings. The van der Waals surface area contributed by atoms with Crippen molar-refractivity contribution in [3.05, 3.63) is 68.5 Å². The molecule has 29 heavy (non-hydrogen) atoms. The van der Waals surface area contributed by atoms with Crippen molar-refractivity contribution >= 4 is 29.3 Å². The molecule has 7 nitrogen and oxygen atoms in total. The lowest BCUT2D eigenvalue weighted by Gasteiger charge is -2.28. The second-order valence-corrected chi connectivity index (χ2v) is 7.46. The van der Waals surface area contributed by atoms with Crippen molar-refractivity contribution in [3.63, 3.8) is 0 Å². The third-order valence-corrected chi connectivity index (χ3v) is 5.59. The number of thiophene rings is 1. The Kier molecular flexibility index (Phi) is 6.33. The minimum absolute atomic E-state index is 0.184. The quantitative estimate of drug-likeness (QED) is 0.707. The largest absolute Gasteiger partial charge is 0.463 e. The molecule has 1 aromatic heterocycles. The van der Waals surface area contributed by atoms with Gasteiger partial charge in [-0.05, 0) is 49.4 Å². The number of hydrogen-bond acceptors (Lipinski definition) is 6. The first-order valence-electron chi connectivity index (χ1n) is 9.16. The highest BCUT2D eigenvalue weighted by atomic mass is 32.1. The first-order chi connectivity index (χ1) is 13.9. The Bertz CT molecular complexity index is 965. The summed E-state index contributed by atoms with van der Waals surface area (Å²) in [6.45, 7) is 5.38. The molecule has 2 amide bonds. The molecule has 3 rings (SSSR count). The fraction of sp³-hybridized carbons (Fsp3) is 0.286. The SMILES string of the molecule is CCOC(=O)C1=C(COC(=O)c2cccc(C)c2C)NC(=O)N[C@H]1c1cccs1. The molecule has 0 unspecified atom stereocenters. The van der Waals surface area contributed by atoms with Gasteiger partial charge in [0.05, 0.1) is 29.5 Å². The summed E-state index contributed by atoms with van der Waals surface area (Å²) < 4.78 is 10.6. The van der Waals surface area contributed by atoms with Gasteiger partial charge < -0.3 is 20.1 Å². The van der Waals surface area contributed by atoms with Gasteiger partial charge in [-0.3, -0.25) is 0 Å². The minimum Gasteiger partial charge on any atom is -0.463 e. The lowest BCUT2D eigenvalue weighted by molar-refractivity contribution is -0.139. The van der Waals surface area contributed by atoms with Crippen LogP contribution in [0.4, 0.5) is 4.79 Å². The summed E-state index contributed by atoms with van der Waals surface area (Å²) in [4.78, 5) is 38.1. The van der Waals surface area contributed by atoms with Crippen LogP contribution >= 0.6 is 11.3 Å². The maximum Gasteiger partial charge on any atom is 0.338 e. The van der Waals surface area contributed by atoms with Gasteiger partial charge >= 0.3 is 18.0 Å². The van der Waals surface area contributed by atoms with E-state index in [1.807, 2.05) is 37.4 Å². The fourth-order valence-corrected chi connectivity index (χ4v) is 3.82. The Morgan fingerprint density at radius 3 is 2.59 bits per heavy atom. The second-order valence-electron chi connectivity index (χ2n) is 6.48. The highest BCUT2D eigenvalue weighted by Crippen LogP contribution is 2.30. The highest BCUT2D eigenvalue weighted by molar-refractivity contribution is 7.10. The van der Waals surface area contributed by atoms with E-state index in [1.54, 1.807) is 19.1 Å². The van der Waals surface area contributed by atoms with Gasteiger partial charge in [0, 0.05) is 4.88 Å². The van der Waals surface area contributed by atoms with Gasteiger partial charge in [-0.15, -0.1) is 11.3 Å². The zero-order valence-electron chi connectivity index (χ0n) is 16.4. The Morgan fingerprint density at radius 2 is 1.90 bits per heavy atom. The van der Waals surface area contributed by atoms with Crippen molar-refractivity contribution in [1.29, 1.82) is 0 Å². The number of amides is 2. The summed E-state index contributed by atoms with van der Waals surface area (Å²) in [6.07, 6.45) is 0. The molecule has 0 radical (unpaired) electrons. The molecule has 0 fully saturated rings. The number of carbonyl (C=O) groups excluding carboxylic acids is 3. The van der Waals surface area contributed by atoms with Gasteiger partial charge in [0.25, 0.3) is 0 Å². The summed E-state index contributed by atoms with van der Waals surface area (Å²) in [5.41, 5.74) is 2.67. The second kappa shape index (κ2) is 8.91. The van der Waals surface area contributed by atoms with Crippen molar-refractivity contribution in [2.75, 3.05) is 13.2 Å². The molecule has 0 saturated carbocycles. The Balaban J connectivity index is 1.90. The number of urea groups is 1. The van der Waals surface area contributed by atoms with Crippen molar-refractivity contribution in [2.45, 2.75) is 26.8 Å². The van der Waals surface area contributed by atoms with Crippen LogP contribution in [0.25, 0.3) is 0 Å². The molecule has 2 heterocycles. The normalized spacial score (nSPS) is 16.1. The van der Waals surface area contributed by atoms with E-state index in [-0.39, 0.29) is 24.5 Å². The summed E-state index contributed by atoms with van der Waals surface area (Å²) in [5.74, 6) is -1.10. The van der Waals surface area contributed by atoms with Crippen LogP contribution in [0.15, 0.2) is 47.0 Å². The Labute approximate surface area is 172 Å². The average molecular weight is 414 g/mol. The third kappa shape index (κ3) is 4.48. The van der Waals surface area contributed by atoms with E-state index >= 15 is 0 Å². The van der Waals surface area contributed by atoms with Gasteiger partial charge in [-0.25, -0.2) is 14.4 Å². The van der Waals surface area contributed by atoms with E-state index in [9.17, 15) is 14.4 Å². The van der Waals surface area contributed by atoms with Crippen LogP contribution in [0.5, 0.6) is 0 Å². The van der Waals surface area contributed by atoms with Crippen LogP contribution in [0, 0.1) is 13.8 Å². The van der Waals surface area contributed by atoms with Crippen LogP contribution in [-0.2, 0) is 14.3 Å². The summed E-state index contributed by atoms with van der Waals surface area (Å²) in [7, 11) is 0. The molecule has 0 saturated heterocycles. The van der Waals surface area contributed by atoms with E-state index in [1.165, 1.54) is 11.3 Å². The van der Waals surface area contributed by atoms with Crippen molar-refractivity contribution in [3.8, 4) is 0 Å². The molecule has 1 aliphatic heterocycles. The van der Waals surface area contributed by atoms with Crippen LogP contribution in [0.1, 0.15) is 39.3 Å². The summed E-state index contributed by atoms with van der Waals surface area (Å²) in [6, 6.07) is 7.87. The molecule has 8 heteroatoms. The maximum absolute atomic E-state index is 12.6. The molecule has 0 bridgehead atoms. The zero-order chi connectivity index (χ0) is 21.0. The van der Waals surface area contributed by atoms with Crippen LogP contribution in [0.3, 0.4) is 0 Å².